The number of nitrogens with one attached hydrogen (secondary N) is 1. The molecule has 6 rings (SSSR count). The number of aromatic amines is 1. The quantitative estimate of drug-likeness (QED) is 0.490. The summed E-state index contributed by atoms with van der Waals surface area (Å²) >= 11 is 0. The second kappa shape index (κ2) is 6.62. The van der Waals surface area contributed by atoms with E-state index in [1.807, 2.05) is 30.3 Å². The van der Waals surface area contributed by atoms with E-state index in [2.05, 4.69) is 27.0 Å². The summed E-state index contributed by atoms with van der Waals surface area (Å²) in [6.45, 7) is 0. The van der Waals surface area contributed by atoms with Gasteiger partial charge in [-0.05, 0) is 37.1 Å². The predicted octanol–water partition coefficient (Wildman–Crippen LogP) is 4.12. The molecule has 1 aliphatic carbocycles. The first-order valence-corrected chi connectivity index (χ1v) is 10.1. The summed E-state index contributed by atoms with van der Waals surface area (Å²) in [5.74, 6) is 3.74. The Hall–Kier alpha value is -4.25. The Balaban J connectivity index is 1.44. The first-order chi connectivity index (χ1) is 15.6. The van der Waals surface area contributed by atoms with Crippen molar-refractivity contribution < 1.29 is 13.6 Å². The number of H-pyrrole nitrogens is 1. The van der Waals surface area contributed by atoms with Crippen LogP contribution in [0.25, 0.3) is 11.3 Å². The molecule has 8 heteroatoms. The number of halogens is 2. The van der Waals surface area contributed by atoms with Crippen LogP contribution in [0, 0.1) is 23.5 Å². The SMILES string of the molecule is O=C1N(c2c(F)cc(C#Cc3ccccc3)cc2F)c2ncc(-c3cn[nH]c3)n2C12CC2. The van der Waals surface area contributed by atoms with Gasteiger partial charge in [-0.3, -0.25) is 14.5 Å². The van der Waals surface area contributed by atoms with Crippen LogP contribution < -0.4 is 4.90 Å². The Labute approximate surface area is 181 Å². The lowest BCUT2D eigenvalue weighted by molar-refractivity contribution is -0.120. The smallest absolute Gasteiger partial charge is 0.260 e. The molecule has 2 aromatic carbocycles. The van der Waals surface area contributed by atoms with Crippen LogP contribution in [0.15, 0.2) is 61.1 Å². The molecule has 6 nitrogen and oxygen atoms in total. The number of anilines is 2. The highest BCUT2D eigenvalue weighted by Crippen LogP contribution is 2.56. The standard InChI is InChI=1S/C24H15F2N5O/c25-18-10-16(7-6-15-4-2-1-3-5-15)11-19(26)21(18)30-22(32)24(8-9-24)31-20(14-27-23(30)31)17-12-28-29-13-17/h1-5,10-14H,8-9H2,(H,28,29). The van der Waals surface area contributed by atoms with Crippen molar-refractivity contribution in [1.29, 1.82) is 0 Å². The van der Waals surface area contributed by atoms with E-state index in [0.717, 1.165) is 28.2 Å². The lowest BCUT2D eigenvalue weighted by Crippen LogP contribution is -2.31. The number of carbonyl (C=O) groups excluding carboxylic acids is 1. The summed E-state index contributed by atoms with van der Waals surface area (Å²) in [7, 11) is 0. The van der Waals surface area contributed by atoms with Gasteiger partial charge in [-0.2, -0.15) is 5.10 Å². The third-order valence-electron chi connectivity index (χ3n) is 5.86. The number of hydrogen-bond donors (Lipinski definition) is 1. The van der Waals surface area contributed by atoms with Crippen LogP contribution in [-0.4, -0.2) is 25.7 Å². The van der Waals surface area contributed by atoms with E-state index in [0.29, 0.717) is 18.5 Å². The minimum absolute atomic E-state index is 0.183. The molecular weight excluding hydrogens is 412 g/mol. The van der Waals surface area contributed by atoms with Crippen molar-refractivity contribution in [1.82, 2.24) is 19.7 Å². The predicted molar refractivity (Wildman–Crippen MR) is 113 cm³/mol. The Morgan fingerprint density at radius 3 is 2.38 bits per heavy atom. The molecule has 0 radical (unpaired) electrons. The first kappa shape index (κ1) is 18.5. The molecule has 0 atom stereocenters. The lowest BCUT2D eigenvalue weighted by atomic mass is 10.1. The molecule has 0 bridgehead atoms. The molecule has 1 fully saturated rings. The number of amides is 1. The molecule has 156 valence electrons. The molecule has 2 aliphatic rings. The normalized spacial score (nSPS) is 15.6. The van der Waals surface area contributed by atoms with Gasteiger partial charge in [0.05, 0.1) is 18.1 Å². The molecule has 1 spiro atoms. The maximum atomic E-state index is 15.2. The third-order valence-corrected chi connectivity index (χ3v) is 5.86. The van der Waals surface area contributed by atoms with Gasteiger partial charge in [0.1, 0.15) is 11.2 Å². The molecule has 1 N–H and O–H groups in total. The van der Waals surface area contributed by atoms with E-state index in [1.54, 1.807) is 23.2 Å². The highest BCUT2D eigenvalue weighted by Gasteiger charge is 2.62. The lowest BCUT2D eigenvalue weighted by Gasteiger charge is -2.17. The van der Waals surface area contributed by atoms with Crippen LogP contribution in [0.1, 0.15) is 24.0 Å². The molecule has 3 heterocycles. The van der Waals surface area contributed by atoms with Crippen LogP contribution >= 0.6 is 0 Å². The van der Waals surface area contributed by atoms with Crippen molar-refractivity contribution in [3.05, 3.63) is 83.8 Å². The van der Waals surface area contributed by atoms with Crippen LogP contribution in [0.3, 0.4) is 0 Å². The number of hydrogen-bond acceptors (Lipinski definition) is 3. The molecule has 32 heavy (non-hydrogen) atoms. The van der Waals surface area contributed by atoms with Crippen LogP contribution in [0.5, 0.6) is 0 Å². The summed E-state index contributed by atoms with van der Waals surface area (Å²) in [5.41, 5.74) is 1.04. The van der Waals surface area contributed by atoms with E-state index >= 15 is 8.78 Å². The zero-order valence-electron chi connectivity index (χ0n) is 16.6. The van der Waals surface area contributed by atoms with Gasteiger partial charge in [0.2, 0.25) is 5.95 Å². The van der Waals surface area contributed by atoms with Crippen molar-refractivity contribution in [2.75, 3.05) is 4.90 Å². The minimum atomic E-state index is -0.868. The maximum absolute atomic E-state index is 15.2. The molecule has 1 aliphatic heterocycles. The summed E-state index contributed by atoms with van der Waals surface area (Å²) in [4.78, 5) is 18.7. The monoisotopic (exact) mass is 427 g/mol. The van der Waals surface area contributed by atoms with Gasteiger partial charge < -0.3 is 0 Å². The van der Waals surface area contributed by atoms with Gasteiger partial charge in [0.25, 0.3) is 5.91 Å². The number of aromatic nitrogens is 4. The summed E-state index contributed by atoms with van der Waals surface area (Å²) < 4.78 is 32.1. The third kappa shape index (κ3) is 2.61. The van der Waals surface area contributed by atoms with Crippen LogP contribution in [0.4, 0.5) is 20.4 Å². The van der Waals surface area contributed by atoms with Crippen molar-refractivity contribution >= 4 is 17.5 Å². The Morgan fingerprint density at radius 1 is 1.00 bits per heavy atom. The fourth-order valence-corrected chi connectivity index (χ4v) is 4.19. The Bertz CT molecular complexity index is 1400. The number of nitrogens with zero attached hydrogens (tertiary/aromatic N) is 4. The van der Waals surface area contributed by atoms with E-state index in [9.17, 15) is 4.79 Å². The average molecular weight is 427 g/mol. The number of rotatable bonds is 2. The van der Waals surface area contributed by atoms with Gasteiger partial charge in [-0.15, -0.1) is 0 Å². The van der Waals surface area contributed by atoms with E-state index in [1.165, 1.54) is 0 Å². The van der Waals surface area contributed by atoms with E-state index in [-0.39, 0.29) is 17.4 Å². The highest BCUT2D eigenvalue weighted by atomic mass is 19.1. The summed E-state index contributed by atoms with van der Waals surface area (Å²) in [5, 5.41) is 6.68. The summed E-state index contributed by atoms with van der Waals surface area (Å²) in [6, 6.07) is 11.4. The highest BCUT2D eigenvalue weighted by molar-refractivity contribution is 6.09. The number of fused-ring (bicyclic) bond motifs is 2. The topological polar surface area (TPSA) is 66.8 Å². The minimum Gasteiger partial charge on any atom is -0.294 e. The second-order valence-electron chi connectivity index (χ2n) is 7.84. The number of carbonyl (C=O) groups is 1. The fourth-order valence-electron chi connectivity index (χ4n) is 4.19. The van der Waals surface area contributed by atoms with Crippen LogP contribution in [0.2, 0.25) is 0 Å². The molecule has 4 aromatic rings. The van der Waals surface area contributed by atoms with Crippen molar-refractivity contribution in [2.45, 2.75) is 18.4 Å². The fraction of sp³-hybridized carbons (Fsp3) is 0.125. The van der Waals surface area contributed by atoms with Crippen molar-refractivity contribution in [3.8, 4) is 23.1 Å². The zero-order chi connectivity index (χ0) is 21.9. The molecule has 0 saturated heterocycles. The zero-order valence-corrected chi connectivity index (χ0v) is 16.6. The molecular formula is C24H15F2N5O. The number of imidazole rings is 1. The van der Waals surface area contributed by atoms with Gasteiger partial charge in [-0.1, -0.05) is 30.0 Å². The maximum Gasteiger partial charge on any atom is 0.260 e. The van der Waals surface area contributed by atoms with Crippen molar-refractivity contribution in [3.63, 3.8) is 0 Å². The van der Waals surface area contributed by atoms with E-state index < -0.39 is 22.9 Å². The van der Waals surface area contributed by atoms with Crippen LogP contribution in [-0.2, 0) is 10.3 Å². The van der Waals surface area contributed by atoms with Gasteiger partial charge in [0, 0.05) is 22.9 Å². The Kier molecular flexibility index (Phi) is 3.83. The van der Waals surface area contributed by atoms with Gasteiger partial charge in [-0.25, -0.2) is 18.7 Å². The second-order valence-corrected chi connectivity index (χ2v) is 7.84. The first-order valence-electron chi connectivity index (χ1n) is 10.1. The molecule has 2 aromatic heterocycles. The molecule has 1 amide bonds. The van der Waals surface area contributed by atoms with E-state index in [4.69, 9.17) is 0 Å². The van der Waals surface area contributed by atoms with Gasteiger partial charge in [0.15, 0.2) is 11.6 Å². The van der Waals surface area contributed by atoms with Crippen molar-refractivity contribution in [2.24, 2.45) is 0 Å². The molecule has 0 unspecified atom stereocenters. The van der Waals surface area contributed by atoms with Gasteiger partial charge >= 0.3 is 0 Å². The average Bonchev–Trinajstić information content (AvgIpc) is 3.12. The number of benzene rings is 2. The largest absolute Gasteiger partial charge is 0.294 e. The Morgan fingerprint density at radius 2 is 1.72 bits per heavy atom. The summed E-state index contributed by atoms with van der Waals surface area (Å²) in [6.07, 6.45) is 6.07. The molecule has 1 saturated carbocycles.